The van der Waals surface area contributed by atoms with Gasteiger partial charge in [-0.2, -0.15) is 13.2 Å². The number of nitrogens with zero attached hydrogens (tertiary/aromatic N) is 1. The molecule has 0 unspecified atom stereocenters. The molecule has 0 bridgehead atoms. The van der Waals surface area contributed by atoms with Crippen molar-refractivity contribution in [3.8, 4) is 5.75 Å². The zero-order valence-corrected chi connectivity index (χ0v) is 16.9. The van der Waals surface area contributed by atoms with Crippen molar-refractivity contribution in [1.29, 1.82) is 0 Å². The Morgan fingerprint density at radius 1 is 1.19 bits per heavy atom. The number of nitrogens with one attached hydrogen (secondary N) is 1. The SMILES string of the molecule is CCO/C(=C\Oc1ccc(Cc2cccc(C(=O)NOCC3CC3)n2)cc1)C(F)(F)F. The third kappa shape index (κ3) is 7.29. The van der Waals surface area contributed by atoms with Crippen LogP contribution in [-0.4, -0.2) is 30.3 Å². The Morgan fingerprint density at radius 3 is 2.58 bits per heavy atom. The summed E-state index contributed by atoms with van der Waals surface area (Å²) in [7, 11) is 0. The second-order valence-corrected chi connectivity index (χ2v) is 7.05. The van der Waals surface area contributed by atoms with E-state index in [-0.39, 0.29) is 18.1 Å². The van der Waals surface area contributed by atoms with E-state index in [0.717, 1.165) is 18.4 Å². The number of benzene rings is 1. The number of alkyl halides is 3. The fourth-order valence-corrected chi connectivity index (χ4v) is 2.62. The number of halogens is 3. The van der Waals surface area contributed by atoms with Crippen molar-refractivity contribution in [3.05, 3.63) is 71.4 Å². The number of pyridine rings is 1. The van der Waals surface area contributed by atoms with Gasteiger partial charge in [0, 0.05) is 12.1 Å². The number of hydrogen-bond donors (Lipinski definition) is 1. The lowest BCUT2D eigenvalue weighted by Gasteiger charge is -2.12. The summed E-state index contributed by atoms with van der Waals surface area (Å²) in [4.78, 5) is 21.6. The number of hydrogen-bond acceptors (Lipinski definition) is 5. The van der Waals surface area contributed by atoms with Crippen LogP contribution in [0, 0.1) is 5.92 Å². The molecule has 1 fully saturated rings. The highest BCUT2D eigenvalue weighted by molar-refractivity contribution is 5.91. The minimum atomic E-state index is -4.62. The molecule has 1 heterocycles. The molecular weight excluding hydrogens is 413 g/mol. The van der Waals surface area contributed by atoms with E-state index in [1.54, 1.807) is 42.5 Å². The van der Waals surface area contributed by atoms with Crippen molar-refractivity contribution >= 4 is 5.91 Å². The van der Waals surface area contributed by atoms with E-state index in [9.17, 15) is 18.0 Å². The molecule has 1 aliphatic carbocycles. The first-order valence-corrected chi connectivity index (χ1v) is 9.89. The standard InChI is InChI=1S/C22H23F3N2O4/c1-2-29-20(22(23,24)25)14-30-18-10-8-15(9-11-18)12-17-4-3-5-19(26-17)21(28)27-31-13-16-6-7-16/h3-5,8-11,14,16H,2,6-7,12-13H2,1H3,(H,27,28)/b20-14-. The zero-order valence-electron chi connectivity index (χ0n) is 16.9. The Bertz CT molecular complexity index is 910. The van der Waals surface area contributed by atoms with Gasteiger partial charge >= 0.3 is 6.18 Å². The van der Waals surface area contributed by atoms with Gasteiger partial charge in [0.25, 0.3) is 5.91 Å². The van der Waals surface area contributed by atoms with Crippen LogP contribution >= 0.6 is 0 Å². The summed E-state index contributed by atoms with van der Waals surface area (Å²) >= 11 is 0. The summed E-state index contributed by atoms with van der Waals surface area (Å²) in [6, 6.07) is 11.6. The van der Waals surface area contributed by atoms with Crippen LogP contribution in [0.4, 0.5) is 13.2 Å². The Kier molecular flexibility index (Phi) is 7.51. The lowest BCUT2D eigenvalue weighted by atomic mass is 10.1. The summed E-state index contributed by atoms with van der Waals surface area (Å²) in [5.41, 5.74) is 4.16. The maximum absolute atomic E-state index is 12.8. The molecule has 1 aromatic carbocycles. The Hall–Kier alpha value is -3.07. The van der Waals surface area contributed by atoms with E-state index in [2.05, 4.69) is 15.2 Å². The van der Waals surface area contributed by atoms with Gasteiger partial charge in [-0.3, -0.25) is 9.63 Å². The van der Waals surface area contributed by atoms with Gasteiger partial charge in [-0.1, -0.05) is 18.2 Å². The predicted molar refractivity (Wildman–Crippen MR) is 106 cm³/mol. The van der Waals surface area contributed by atoms with Gasteiger partial charge in [-0.25, -0.2) is 10.5 Å². The molecular formula is C22H23F3N2O4. The summed E-state index contributed by atoms with van der Waals surface area (Å²) < 4.78 is 48.0. The minimum absolute atomic E-state index is 0.121. The smallest absolute Gasteiger partial charge is 0.452 e. The molecule has 1 N–H and O–H groups in total. The molecule has 6 nitrogen and oxygen atoms in total. The number of amides is 1. The van der Waals surface area contributed by atoms with Crippen molar-refractivity contribution in [3.63, 3.8) is 0 Å². The van der Waals surface area contributed by atoms with Crippen LogP contribution in [0.15, 0.2) is 54.5 Å². The maximum atomic E-state index is 12.8. The lowest BCUT2D eigenvalue weighted by molar-refractivity contribution is -0.132. The van der Waals surface area contributed by atoms with E-state index in [4.69, 9.17) is 9.57 Å². The molecule has 0 atom stereocenters. The predicted octanol–water partition coefficient (Wildman–Crippen LogP) is 4.56. The highest BCUT2D eigenvalue weighted by Crippen LogP contribution is 2.28. The summed E-state index contributed by atoms with van der Waals surface area (Å²) in [6.07, 6.45) is -1.39. The lowest BCUT2D eigenvalue weighted by Crippen LogP contribution is -2.25. The van der Waals surface area contributed by atoms with Gasteiger partial charge in [0.1, 0.15) is 17.7 Å². The number of allylic oxidation sites excluding steroid dienone is 1. The largest absolute Gasteiger partial charge is 0.487 e. The van der Waals surface area contributed by atoms with Crippen LogP contribution < -0.4 is 10.2 Å². The Labute approximate surface area is 178 Å². The molecule has 3 rings (SSSR count). The van der Waals surface area contributed by atoms with E-state index in [1.807, 2.05) is 0 Å². The number of ether oxygens (including phenoxy) is 2. The summed E-state index contributed by atoms with van der Waals surface area (Å²) in [6.45, 7) is 1.84. The van der Waals surface area contributed by atoms with Crippen LogP contribution in [0.1, 0.15) is 41.5 Å². The van der Waals surface area contributed by atoms with Crippen molar-refractivity contribution in [2.24, 2.45) is 5.92 Å². The van der Waals surface area contributed by atoms with Crippen LogP contribution in [0.3, 0.4) is 0 Å². The number of hydroxylamine groups is 1. The van der Waals surface area contributed by atoms with E-state index >= 15 is 0 Å². The fourth-order valence-electron chi connectivity index (χ4n) is 2.62. The average molecular weight is 436 g/mol. The molecule has 0 radical (unpaired) electrons. The average Bonchev–Trinajstić information content (AvgIpc) is 3.56. The third-order valence-electron chi connectivity index (χ3n) is 4.41. The Balaban J connectivity index is 1.57. The van der Waals surface area contributed by atoms with Gasteiger partial charge in [-0.05, 0) is 55.5 Å². The van der Waals surface area contributed by atoms with E-state index in [1.165, 1.54) is 6.92 Å². The van der Waals surface area contributed by atoms with E-state index < -0.39 is 17.8 Å². The number of carbonyl (C=O) groups is 1. The zero-order chi connectivity index (χ0) is 22.3. The van der Waals surface area contributed by atoms with Crippen LogP contribution in [0.5, 0.6) is 5.75 Å². The van der Waals surface area contributed by atoms with Crippen molar-refractivity contribution in [2.45, 2.75) is 32.4 Å². The fraction of sp³-hybridized carbons (Fsp3) is 0.364. The quantitative estimate of drug-likeness (QED) is 0.437. The highest BCUT2D eigenvalue weighted by atomic mass is 19.4. The highest BCUT2D eigenvalue weighted by Gasteiger charge is 2.36. The molecule has 9 heteroatoms. The van der Waals surface area contributed by atoms with Crippen molar-refractivity contribution in [1.82, 2.24) is 10.5 Å². The van der Waals surface area contributed by atoms with Crippen molar-refractivity contribution < 1.29 is 32.3 Å². The van der Waals surface area contributed by atoms with E-state index in [0.29, 0.717) is 30.9 Å². The molecule has 31 heavy (non-hydrogen) atoms. The Morgan fingerprint density at radius 2 is 1.94 bits per heavy atom. The molecule has 2 aromatic rings. The first-order valence-electron chi connectivity index (χ1n) is 9.89. The van der Waals surface area contributed by atoms with Crippen molar-refractivity contribution in [2.75, 3.05) is 13.2 Å². The molecule has 1 saturated carbocycles. The normalized spacial score (nSPS) is 14.3. The van der Waals surface area contributed by atoms with Crippen LogP contribution in [-0.2, 0) is 16.0 Å². The van der Waals surface area contributed by atoms with Crippen LogP contribution in [0.25, 0.3) is 0 Å². The molecule has 166 valence electrons. The topological polar surface area (TPSA) is 69.7 Å². The molecule has 0 saturated heterocycles. The summed E-state index contributed by atoms with van der Waals surface area (Å²) in [5, 5.41) is 0. The first kappa shape index (κ1) is 22.6. The maximum Gasteiger partial charge on any atom is 0.452 e. The summed E-state index contributed by atoms with van der Waals surface area (Å²) in [5.74, 6) is -0.840. The minimum Gasteiger partial charge on any atom is -0.487 e. The molecule has 1 aromatic heterocycles. The second kappa shape index (κ2) is 10.3. The monoisotopic (exact) mass is 436 g/mol. The van der Waals surface area contributed by atoms with Gasteiger partial charge < -0.3 is 9.47 Å². The van der Waals surface area contributed by atoms with Gasteiger partial charge in [-0.15, -0.1) is 0 Å². The number of aromatic nitrogens is 1. The molecule has 1 amide bonds. The van der Waals surface area contributed by atoms with Gasteiger partial charge in [0.05, 0.1) is 13.2 Å². The molecule has 0 aliphatic heterocycles. The second-order valence-electron chi connectivity index (χ2n) is 7.05. The van der Waals surface area contributed by atoms with Crippen LogP contribution in [0.2, 0.25) is 0 Å². The third-order valence-corrected chi connectivity index (χ3v) is 4.41. The number of rotatable bonds is 10. The molecule has 1 aliphatic rings. The van der Waals surface area contributed by atoms with Gasteiger partial charge in [0.15, 0.2) is 0 Å². The first-order chi connectivity index (χ1) is 14.8. The van der Waals surface area contributed by atoms with Gasteiger partial charge in [0.2, 0.25) is 5.76 Å². The molecule has 0 spiro atoms. The number of carbonyl (C=O) groups excluding carboxylic acids is 1.